The van der Waals surface area contributed by atoms with E-state index >= 15 is 0 Å². The largest absolute Gasteiger partial charge is 0.497 e. The maximum Gasteiger partial charge on any atom is 0.409 e. The van der Waals surface area contributed by atoms with Crippen molar-refractivity contribution >= 4 is 12.1 Å². The number of carboxylic acids is 1. The lowest BCUT2D eigenvalue weighted by atomic mass is 9.87. The van der Waals surface area contributed by atoms with E-state index < -0.39 is 12.1 Å². The van der Waals surface area contributed by atoms with E-state index in [1.807, 2.05) is 69.3 Å². The van der Waals surface area contributed by atoms with Gasteiger partial charge in [0.2, 0.25) is 5.89 Å². The van der Waals surface area contributed by atoms with Crippen molar-refractivity contribution in [3.8, 4) is 23.0 Å². The molecule has 0 unspecified atom stereocenters. The van der Waals surface area contributed by atoms with Crippen LogP contribution in [-0.2, 0) is 16.0 Å². The number of hydrogen-bond donors (Lipinski definition) is 1. The normalized spacial score (nSPS) is 16.9. The molecule has 1 fully saturated rings. The fourth-order valence-electron chi connectivity index (χ4n) is 4.78. The van der Waals surface area contributed by atoms with Crippen LogP contribution >= 0.6 is 0 Å². The number of carbonyl (C=O) groups is 2. The fourth-order valence-corrected chi connectivity index (χ4v) is 4.78. The average Bonchev–Trinajstić information content (AvgIpc) is 3.50. The molecular formula is C30H36N2O7. The highest BCUT2D eigenvalue weighted by atomic mass is 16.6. The Morgan fingerprint density at radius 1 is 1.13 bits per heavy atom. The lowest BCUT2D eigenvalue weighted by Gasteiger charge is -2.18. The van der Waals surface area contributed by atoms with Crippen molar-refractivity contribution in [2.45, 2.75) is 39.5 Å². The third kappa shape index (κ3) is 7.31. The van der Waals surface area contributed by atoms with E-state index in [-0.39, 0.29) is 24.2 Å². The first-order valence-corrected chi connectivity index (χ1v) is 13.2. The first-order valence-electron chi connectivity index (χ1n) is 13.2. The SMILES string of the molecule is COc1ccc(-c2nc(CCOc3cccc([C@@H]4CN(C(=O)OCC(C)C)C[C@@H]4CC(=O)O)c3)c(C)o2)cc1. The second-order valence-corrected chi connectivity index (χ2v) is 10.3. The monoisotopic (exact) mass is 536 g/mol. The molecule has 0 spiro atoms. The third-order valence-corrected chi connectivity index (χ3v) is 6.80. The standard InChI is InChI=1S/C30H36N2O7/c1-19(2)18-38-30(35)32-16-23(15-28(33)34)26(17-32)22-6-5-7-25(14-22)37-13-12-27-20(3)39-29(31-27)21-8-10-24(36-4)11-9-21/h5-11,14,19,23,26H,12-13,15-18H2,1-4H3,(H,33,34)/t23-,26-/m0/s1. The van der Waals surface area contributed by atoms with Crippen LogP contribution in [0, 0.1) is 18.8 Å². The summed E-state index contributed by atoms with van der Waals surface area (Å²) < 4.78 is 22.5. The van der Waals surface area contributed by atoms with E-state index in [1.165, 1.54) is 0 Å². The van der Waals surface area contributed by atoms with Gasteiger partial charge in [0.25, 0.3) is 0 Å². The number of oxazole rings is 1. The minimum absolute atomic E-state index is 0.0221. The molecule has 0 radical (unpaired) electrons. The lowest BCUT2D eigenvalue weighted by Crippen LogP contribution is -2.30. The molecule has 0 aliphatic carbocycles. The van der Waals surface area contributed by atoms with Crippen LogP contribution in [0.5, 0.6) is 11.5 Å². The Morgan fingerprint density at radius 3 is 2.59 bits per heavy atom. The molecule has 1 amide bonds. The average molecular weight is 537 g/mol. The van der Waals surface area contributed by atoms with Crippen LogP contribution in [0.3, 0.4) is 0 Å². The van der Waals surface area contributed by atoms with Crippen molar-refractivity contribution in [3.63, 3.8) is 0 Å². The first-order chi connectivity index (χ1) is 18.7. The fraction of sp³-hybridized carbons (Fsp3) is 0.433. The zero-order valence-electron chi connectivity index (χ0n) is 22.9. The molecule has 3 aromatic rings. The molecule has 1 aliphatic rings. The maximum absolute atomic E-state index is 12.6. The van der Waals surface area contributed by atoms with Crippen LogP contribution in [-0.4, -0.2) is 60.5 Å². The number of rotatable bonds is 11. The van der Waals surface area contributed by atoms with Gasteiger partial charge in [-0.1, -0.05) is 26.0 Å². The second-order valence-electron chi connectivity index (χ2n) is 10.3. The highest BCUT2D eigenvalue weighted by Gasteiger charge is 2.38. The van der Waals surface area contributed by atoms with Gasteiger partial charge in [-0.3, -0.25) is 4.79 Å². The Labute approximate surface area is 228 Å². The molecule has 9 nitrogen and oxygen atoms in total. The Morgan fingerprint density at radius 2 is 1.90 bits per heavy atom. The third-order valence-electron chi connectivity index (χ3n) is 6.80. The van der Waals surface area contributed by atoms with Gasteiger partial charge in [0, 0.05) is 31.0 Å². The summed E-state index contributed by atoms with van der Waals surface area (Å²) >= 11 is 0. The molecule has 1 saturated heterocycles. The van der Waals surface area contributed by atoms with Crippen LogP contribution in [0.4, 0.5) is 4.79 Å². The molecule has 0 saturated carbocycles. The summed E-state index contributed by atoms with van der Waals surface area (Å²) in [5, 5.41) is 9.46. The van der Waals surface area contributed by atoms with Crippen molar-refractivity contribution in [3.05, 3.63) is 65.5 Å². The van der Waals surface area contributed by atoms with E-state index in [9.17, 15) is 14.7 Å². The van der Waals surface area contributed by atoms with E-state index in [2.05, 4.69) is 4.98 Å². The molecule has 2 atom stereocenters. The van der Waals surface area contributed by atoms with Crippen LogP contribution in [0.15, 0.2) is 52.9 Å². The molecule has 2 aromatic carbocycles. The van der Waals surface area contributed by atoms with Crippen molar-refractivity contribution in [2.75, 3.05) is 33.4 Å². The van der Waals surface area contributed by atoms with E-state index in [4.69, 9.17) is 18.6 Å². The number of hydrogen-bond acceptors (Lipinski definition) is 7. The van der Waals surface area contributed by atoms with Crippen molar-refractivity contribution in [1.82, 2.24) is 9.88 Å². The lowest BCUT2D eigenvalue weighted by molar-refractivity contribution is -0.138. The van der Waals surface area contributed by atoms with Gasteiger partial charge in [-0.2, -0.15) is 0 Å². The number of methoxy groups -OCH3 is 1. The number of aliphatic carboxylic acids is 1. The highest BCUT2D eigenvalue weighted by Crippen LogP contribution is 2.36. The summed E-state index contributed by atoms with van der Waals surface area (Å²) in [6.07, 6.45) is 0.146. The van der Waals surface area contributed by atoms with Gasteiger partial charge in [0.05, 0.1) is 32.4 Å². The summed E-state index contributed by atoms with van der Waals surface area (Å²) in [7, 11) is 1.62. The number of ether oxygens (including phenoxy) is 3. The number of carboxylic acid groups (broad SMARTS) is 1. The van der Waals surface area contributed by atoms with Crippen LogP contribution < -0.4 is 9.47 Å². The Hall–Kier alpha value is -4.01. The maximum atomic E-state index is 12.6. The van der Waals surface area contributed by atoms with E-state index in [0.717, 1.165) is 28.3 Å². The number of carbonyl (C=O) groups excluding carboxylic acids is 1. The molecular weight excluding hydrogens is 500 g/mol. The summed E-state index contributed by atoms with van der Waals surface area (Å²) in [6.45, 7) is 7.32. The molecule has 1 N–H and O–H groups in total. The summed E-state index contributed by atoms with van der Waals surface area (Å²) in [5.41, 5.74) is 2.63. The van der Waals surface area contributed by atoms with Crippen molar-refractivity contribution in [2.24, 2.45) is 11.8 Å². The van der Waals surface area contributed by atoms with E-state index in [1.54, 1.807) is 12.0 Å². The van der Waals surface area contributed by atoms with Crippen molar-refractivity contribution in [1.29, 1.82) is 0 Å². The Kier molecular flexibility index (Phi) is 9.11. The number of nitrogens with zero attached hydrogens (tertiary/aromatic N) is 2. The topological polar surface area (TPSA) is 111 Å². The molecule has 2 heterocycles. The molecule has 4 rings (SSSR count). The Bertz CT molecular complexity index is 1270. The summed E-state index contributed by atoms with van der Waals surface area (Å²) in [4.78, 5) is 30.4. The minimum Gasteiger partial charge on any atom is -0.497 e. The zero-order chi connectivity index (χ0) is 27.9. The predicted octanol–water partition coefficient (Wildman–Crippen LogP) is 5.56. The van der Waals surface area contributed by atoms with Gasteiger partial charge < -0.3 is 28.6 Å². The molecule has 9 heteroatoms. The minimum atomic E-state index is -0.883. The predicted molar refractivity (Wildman–Crippen MR) is 145 cm³/mol. The van der Waals surface area contributed by atoms with Gasteiger partial charge >= 0.3 is 12.1 Å². The summed E-state index contributed by atoms with van der Waals surface area (Å²) in [6, 6.07) is 15.2. The van der Waals surface area contributed by atoms with Gasteiger partial charge in [-0.15, -0.1) is 0 Å². The molecule has 1 aromatic heterocycles. The van der Waals surface area contributed by atoms with Crippen LogP contribution in [0.1, 0.15) is 43.2 Å². The van der Waals surface area contributed by atoms with Crippen LogP contribution in [0.25, 0.3) is 11.5 Å². The molecule has 208 valence electrons. The van der Waals surface area contributed by atoms with Crippen molar-refractivity contribution < 1.29 is 33.3 Å². The summed E-state index contributed by atoms with van der Waals surface area (Å²) in [5.74, 6) is 1.75. The number of amides is 1. The molecule has 0 bridgehead atoms. The van der Waals surface area contributed by atoms with Crippen LogP contribution in [0.2, 0.25) is 0 Å². The quantitative estimate of drug-likeness (QED) is 0.339. The number of aromatic nitrogens is 1. The second kappa shape index (κ2) is 12.7. The van der Waals surface area contributed by atoms with Gasteiger partial charge in [0.15, 0.2) is 0 Å². The zero-order valence-corrected chi connectivity index (χ0v) is 22.9. The van der Waals surface area contributed by atoms with Gasteiger partial charge in [-0.25, -0.2) is 9.78 Å². The van der Waals surface area contributed by atoms with Gasteiger partial charge in [0.1, 0.15) is 17.3 Å². The Balaban J connectivity index is 1.39. The molecule has 1 aliphatic heterocycles. The number of benzene rings is 2. The smallest absolute Gasteiger partial charge is 0.409 e. The number of aryl methyl sites for hydroxylation is 1. The van der Waals surface area contributed by atoms with Gasteiger partial charge in [-0.05, 0) is 60.7 Å². The molecule has 39 heavy (non-hydrogen) atoms. The first kappa shape index (κ1) is 28.0. The number of likely N-dealkylation sites (tertiary alicyclic amines) is 1. The van der Waals surface area contributed by atoms with E-state index in [0.29, 0.717) is 44.4 Å². The highest BCUT2D eigenvalue weighted by molar-refractivity contribution is 5.70.